The van der Waals surface area contributed by atoms with Gasteiger partial charge in [-0.25, -0.2) is 4.68 Å². The van der Waals surface area contributed by atoms with Gasteiger partial charge >= 0.3 is 0 Å². The van der Waals surface area contributed by atoms with Crippen molar-refractivity contribution in [2.45, 2.75) is 37.8 Å². The minimum Gasteiger partial charge on any atom is -0.383 e. The van der Waals surface area contributed by atoms with Gasteiger partial charge in [0, 0.05) is 31.2 Å². The predicted octanol–water partition coefficient (Wildman–Crippen LogP) is 1.09. The number of benzene rings is 1. The maximum absolute atomic E-state index is 12.1. The predicted molar refractivity (Wildman–Crippen MR) is 102 cm³/mol. The fraction of sp³-hybridized carbons (Fsp3) is 0.474. The molecule has 2 aromatic rings. The van der Waals surface area contributed by atoms with Gasteiger partial charge in [0.05, 0.1) is 12.2 Å². The highest BCUT2D eigenvalue weighted by Gasteiger charge is 2.31. The summed E-state index contributed by atoms with van der Waals surface area (Å²) < 4.78 is 1.76. The highest BCUT2D eigenvalue weighted by molar-refractivity contribution is 5.98. The maximum Gasteiger partial charge on any atom is 0.254 e. The molecule has 0 bridgehead atoms. The minimum atomic E-state index is -0.496. The average molecular weight is 354 g/mol. The van der Waals surface area contributed by atoms with E-state index in [0.29, 0.717) is 24.0 Å². The quantitative estimate of drug-likeness (QED) is 0.763. The largest absolute Gasteiger partial charge is 0.383 e. The van der Waals surface area contributed by atoms with Crippen molar-refractivity contribution < 1.29 is 4.79 Å². The second kappa shape index (κ2) is 6.64. The van der Waals surface area contributed by atoms with Crippen molar-refractivity contribution in [3.05, 3.63) is 41.1 Å². The Morgan fingerprint density at radius 1 is 1.38 bits per heavy atom. The van der Waals surface area contributed by atoms with Crippen LogP contribution in [0.3, 0.4) is 0 Å². The molecule has 26 heavy (non-hydrogen) atoms. The van der Waals surface area contributed by atoms with Crippen molar-refractivity contribution >= 4 is 17.4 Å². The normalized spacial score (nSPS) is 22.4. The van der Waals surface area contributed by atoms with Crippen molar-refractivity contribution in [3.8, 4) is 0 Å². The summed E-state index contributed by atoms with van der Waals surface area (Å²) in [4.78, 5) is 14.3. The van der Waals surface area contributed by atoms with Crippen molar-refractivity contribution in [2.75, 3.05) is 30.8 Å². The van der Waals surface area contributed by atoms with Crippen LogP contribution >= 0.6 is 0 Å². The van der Waals surface area contributed by atoms with E-state index >= 15 is 0 Å². The zero-order valence-electron chi connectivity index (χ0n) is 15.1. The fourth-order valence-corrected chi connectivity index (χ4v) is 4.29. The Labute approximate surface area is 153 Å². The van der Waals surface area contributed by atoms with Gasteiger partial charge in [-0.15, -0.1) is 0 Å². The number of primary amides is 1. The van der Waals surface area contributed by atoms with Gasteiger partial charge in [-0.05, 0) is 37.4 Å². The molecule has 0 radical (unpaired) electrons. The number of para-hydroxylation sites is 1. The number of nitrogens with two attached hydrogens (primary N) is 2. The molecule has 4 rings (SSSR count). The van der Waals surface area contributed by atoms with Crippen LogP contribution in [0, 0.1) is 0 Å². The number of hydrogen-bond acceptors (Lipinski definition) is 5. The summed E-state index contributed by atoms with van der Waals surface area (Å²) in [5.74, 6) is -0.00941. The summed E-state index contributed by atoms with van der Waals surface area (Å²) in [6.45, 7) is 2.48. The lowest BCUT2D eigenvalue weighted by Crippen LogP contribution is -2.32. The van der Waals surface area contributed by atoms with Crippen LogP contribution in [0.2, 0.25) is 0 Å². The molecule has 2 aliphatic heterocycles. The Balaban J connectivity index is 1.68. The number of nitrogens with one attached hydrogen (secondary N) is 1. The Morgan fingerprint density at radius 3 is 2.92 bits per heavy atom. The average Bonchev–Trinajstić information content (AvgIpc) is 3.23. The number of carbonyl (C=O) groups excluding carboxylic acids is 1. The van der Waals surface area contributed by atoms with Gasteiger partial charge in [-0.1, -0.05) is 18.2 Å². The summed E-state index contributed by atoms with van der Waals surface area (Å²) in [6, 6.07) is 8.69. The molecule has 1 aromatic heterocycles. The molecule has 0 aliphatic carbocycles. The van der Waals surface area contributed by atoms with E-state index in [2.05, 4.69) is 29.4 Å². The standard InChI is InChI=1S/C19H26N6O/c1-24-10-13(9-12-5-2-3-7-15(12)24)17-16(19(21)26)18(20)25(23-17)11-14-6-4-8-22-14/h2-3,5,7,13-14,22H,4,6,8-11,20H2,1H3,(H2,21,26). The van der Waals surface area contributed by atoms with Gasteiger partial charge in [0.25, 0.3) is 5.91 Å². The van der Waals surface area contributed by atoms with E-state index in [1.165, 1.54) is 11.3 Å². The Hall–Kier alpha value is -2.54. The smallest absolute Gasteiger partial charge is 0.254 e. The second-order valence-corrected chi connectivity index (χ2v) is 7.40. The maximum atomic E-state index is 12.1. The Morgan fingerprint density at radius 2 is 2.19 bits per heavy atom. The lowest BCUT2D eigenvalue weighted by atomic mass is 9.88. The number of hydrogen-bond donors (Lipinski definition) is 3. The topological polar surface area (TPSA) is 102 Å². The molecular weight excluding hydrogens is 328 g/mol. The minimum absolute atomic E-state index is 0.0949. The molecule has 2 atom stereocenters. The van der Waals surface area contributed by atoms with E-state index in [4.69, 9.17) is 16.6 Å². The van der Waals surface area contributed by atoms with Gasteiger partial charge in [-0.3, -0.25) is 4.79 Å². The molecule has 0 spiro atoms. The van der Waals surface area contributed by atoms with E-state index in [1.54, 1.807) is 4.68 Å². The number of likely N-dealkylation sites (N-methyl/N-ethyl adjacent to an activating group) is 1. The van der Waals surface area contributed by atoms with Gasteiger partial charge in [-0.2, -0.15) is 5.10 Å². The van der Waals surface area contributed by atoms with Crippen LogP contribution in [-0.4, -0.2) is 41.9 Å². The van der Waals surface area contributed by atoms with E-state index in [-0.39, 0.29) is 5.92 Å². The molecule has 1 aromatic carbocycles. The van der Waals surface area contributed by atoms with Gasteiger partial charge in [0.1, 0.15) is 11.4 Å². The highest BCUT2D eigenvalue weighted by atomic mass is 16.1. The molecule has 0 saturated carbocycles. The summed E-state index contributed by atoms with van der Waals surface area (Å²) in [6.07, 6.45) is 3.09. The molecule has 1 saturated heterocycles. The first kappa shape index (κ1) is 16.9. The zero-order chi connectivity index (χ0) is 18.3. The molecule has 5 N–H and O–H groups in total. The molecule has 138 valence electrons. The summed E-state index contributed by atoms with van der Waals surface area (Å²) in [5.41, 5.74) is 15.6. The van der Waals surface area contributed by atoms with Crippen LogP contribution in [0.15, 0.2) is 24.3 Å². The molecule has 1 amide bonds. The molecule has 2 unspecified atom stereocenters. The molecule has 3 heterocycles. The summed E-state index contributed by atoms with van der Waals surface area (Å²) >= 11 is 0. The highest BCUT2D eigenvalue weighted by Crippen LogP contribution is 2.35. The van der Waals surface area contributed by atoms with E-state index < -0.39 is 5.91 Å². The van der Waals surface area contributed by atoms with Crippen LogP contribution in [0.4, 0.5) is 11.5 Å². The fourth-order valence-electron chi connectivity index (χ4n) is 4.29. The summed E-state index contributed by atoms with van der Waals surface area (Å²) in [5, 5.41) is 8.20. The van der Waals surface area contributed by atoms with E-state index in [1.807, 2.05) is 12.1 Å². The molecule has 2 aliphatic rings. The first-order valence-electron chi connectivity index (χ1n) is 9.23. The van der Waals surface area contributed by atoms with Crippen molar-refractivity contribution in [3.63, 3.8) is 0 Å². The number of anilines is 2. The molecule has 1 fully saturated rings. The Kier molecular flexibility index (Phi) is 4.32. The van der Waals surface area contributed by atoms with Gasteiger partial charge in [0.2, 0.25) is 0 Å². The van der Waals surface area contributed by atoms with Gasteiger partial charge < -0.3 is 21.7 Å². The third-order valence-electron chi connectivity index (χ3n) is 5.57. The van der Waals surface area contributed by atoms with E-state index in [9.17, 15) is 4.79 Å². The number of carbonyl (C=O) groups is 1. The molecular formula is C19H26N6O. The van der Waals surface area contributed by atoms with Crippen molar-refractivity contribution in [1.29, 1.82) is 0 Å². The number of nitrogens with zero attached hydrogens (tertiary/aromatic N) is 3. The molecule has 7 nitrogen and oxygen atoms in total. The first-order chi connectivity index (χ1) is 12.5. The van der Waals surface area contributed by atoms with Crippen molar-refractivity contribution in [2.24, 2.45) is 5.73 Å². The number of nitrogen functional groups attached to an aromatic ring is 1. The number of rotatable bonds is 4. The third-order valence-corrected chi connectivity index (χ3v) is 5.57. The lowest BCUT2D eigenvalue weighted by molar-refractivity contribution is 0.0999. The number of fused-ring (bicyclic) bond motifs is 1. The monoisotopic (exact) mass is 354 g/mol. The van der Waals surface area contributed by atoms with E-state index in [0.717, 1.165) is 38.0 Å². The number of aromatic nitrogens is 2. The second-order valence-electron chi connectivity index (χ2n) is 7.40. The van der Waals surface area contributed by atoms with Crippen LogP contribution in [0.1, 0.15) is 40.4 Å². The first-order valence-corrected chi connectivity index (χ1v) is 9.23. The molecule has 7 heteroatoms. The van der Waals surface area contributed by atoms with Crippen LogP contribution in [0.25, 0.3) is 0 Å². The zero-order valence-corrected chi connectivity index (χ0v) is 15.1. The number of amides is 1. The van der Waals surface area contributed by atoms with Gasteiger partial charge in [0.15, 0.2) is 0 Å². The Bertz CT molecular complexity index is 823. The van der Waals surface area contributed by atoms with Crippen LogP contribution in [0.5, 0.6) is 0 Å². The van der Waals surface area contributed by atoms with Crippen LogP contribution in [-0.2, 0) is 13.0 Å². The lowest BCUT2D eigenvalue weighted by Gasteiger charge is -2.33. The third kappa shape index (κ3) is 2.92. The summed E-state index contributed by atoms with van der Waals surface area (Å²) in [7, 11) is 2.07. The van der Waals surface area contributed by atoms with Crippen LogP contribution < -0.4 is 21.7 Å². The van der Waals surface area contributed by atoms with Crippen molar-refractivity contribution in [1.82, 2.24) is 15.1 Å². The SMILES string of the molecule is CN1CC(c2nn(CC3CCCN3)c(N)c2C(N)=O)Cc2ccccc21.